The van der Waals surface area contributed by atoms with E-state index in [1.807, 2.05) is 54.6 Å². The zero-order valence-corrected chi connectivity index (χ0v) is 20.7. The maximum atomic E-state index is 12.9. The molecule has 2 N–H and O–H groups in total. The largest absolute Gasteiger partial charge is 0.497 e. The first-order chi connectivity index (χ1) is 17.9. The summed E-state index contributed by atoms with van der Waals surface area (Å²) in [6.45, 7) is -0.413. The van der Waals surface area contributed by atoms with Crippen LogP contribution < -0.4 is 9.47 Å². The number of ether oxygens (including phenoxy) is 2. The summed E-state index contributed by atoms with van der Waals surface area (Å²) in [5.41, 5.74) is -1.43. The molecule has 0 radical (unpaired) electrons. The van der Waals surface area contributed by atoms with Crippen LogP contribution in [0.3, 0.4) is 0 Å². The van der Waals surface area contributed by atoms with E-state index in [0.717, 1.165) is 0 Å². The Hall–Kier alpha value is -4.20. The van der Waals surface area contributed by atoms with E-state index >= 15 is 0 Å². The van der Waals surface area contributed by atoms with Gasteiger partial charge in [0.05, 0.1) is 30.1 Å². The fourth-order valence-electron chi connectivity index (χ4n) is 5.26. The molecule has 4 aromatic carbocycles. The molecule has 0 aromatic heterocycles. The van der Waals surface area contributed by atoms with Gasteiger partial charge in [-0.25, -0.2) is 0 Å². The van der Waals surface area contributed by atoms with E-state index in [4.69, 9.17) is 9.47 Å². The van der Waals surface area contributed by atoms with Crippen LogP contribution in [0, 0.1) is 10.1 Å². The van der Waals surface area contributed by atoms with Crippen molar-refractivity contribution in [2.45, 2.75) is 17.4 Å². The van der Waals surface area contributed by atoms with E-state index < -0.39 is 22.5 Å². The van der Waals surface area contributed by atoms with Crippen LogP contribution in [0.4, 0.5) is 5.69 Å². The smallest absolute Gasteiger partial charge is 0.275 e. The van der Waals surface area contributed by atoms with Crippen LogP contribution in [0.2, 0.25) is 0 Å². The highest BCUT2D eigenvalue weighted by Gasteiger charge is 2.56. The second-order valence-corrected chi connectivity index (χ2v) is 8.68. The Morgan fingerprint density at radius 1 is 0.730 bits per heavy atom. The highest BCUT2D eigenvalue weighted by molar-refractivity contribution is 5.60. The van der Waals surface area contributed by atoms with E-state index in [2.05, 4.69) is 0 Å². The summed E-state index contributed by atoms with van der Waals surface area (Å²) in [6.07, 6.45) is -0.176. The number of nitro groups is 1. The number of methoxy groups -OCH3 is 2. The van der Waals surface area contributed by atoms with Crippen molar-refractivity contribution >= 4 is 5.69 Å². The molecule has 0 amide bonds. The third-order valence-corrected chi connectivity index (χ3v) is 6.89. The zero-order valence-electron chi connectivity index (χ0n) is 20.7. The van der Waals surface area contributed by atoms with Crippen molar-refractivity contribution in [2.24, 2.45) is 0 Å². The van der Waals surface area contributed by atoms with Gasteiger partial charge in [0.15, 0.2) is 0 Å². The van der Waals surface area contributed by atoms with Crippen LogP contribution in [0.1, 0.15) is 28.7 Å². The van der Waals surface area contributed by atoms with Crippen LogP contribution in [-0.4, -0.2) is 36.0 Å². The quantitative estimate of drug-likeness (QED) is 0.176. The molecule has 190 valence electrons. The van der Waals surface area contributed by atoms with Crippen molar-refractivity contribution in [1.82, 2.24) is 0 Å². The molecule has 0 heterocycles. The molecule has 0 aliphatic heterocycles. The molecule has 7 heteroatoms. The summed E-state index contributed by atoms with van der Waals surface area (Å²) in [5, 5.41) is 35.4. The van der Waals surface area contributed by atoms with Crippen molar-refractivity contribution in [3.8, 4) is 11.5 Å². The van der Waals surface area contributed by atoms with Gasteiger partial charge in [-0.1, -0.05) is 66.7 Å². The first kappa shape index (κ1) is 25.9. The minimum Gasteiger partial charge on any atom is -0.497 e. The molecule has 0 spiro atoms. The van der Waals surface area contributed by atoms with E-state index in [-0.39, 0.29) is 17.7 Å². The molecule has 0 aliphatic carbocycles. The highest BCUT2D eigenvalue weighted by Crippen LogP contribution is 2.55. The molecule has 4 aromatic rings. The molecule has 0 bridgehead atoms. The number of para-hydroxylation sites is 1. The molecule has 0 fully saturated rings. The molecule has 37 heavy (non-hydrogen) atoms. The van der Waals surface area contributed by atoms with Gasteiger partial charge in [0.25, 0.3) is 5.69 Å². The van der Waals surface area contributed by atoms with Gasteiger partial charge < -0.3 is 19.7 Å². The number of nitrogens with zero attached hydrogens (tertiary/aromatic N) is 1. The summed E-state index contributed by atoms with van der Waals surface area (Å²) in [5.74, 6) is 1.24. The lowest BCUT2D eigenvalue weighted by Gasteiger charge is -2.49. The van der Waals surface area contributed by atoms with Crippen LogP contribution in [0.5, 0.6) is 11.5 Å². The maximum absolute atomic E-state index is 12.9. The Morgan fingerprint density at radius 2 is 1.19 bits per heavy atom. The van der Waals surface area contributed by atoms with Crippen LogP contribution in [-0.2, 0) is 11.0 Å². The monoisotopic (exact) mass is 499 g/mol. The zero-order chi connectivity index (χ0) is 26.5. The molecule has 4 rings (SSSR count). The maximum Gasteiger partial charge on any atom is 0.275 e. The molecule has 7 nitrogen and oxygen atoms in total. The fraction of sp³-hybridized carbons (Fsp3) is 0.200. The Kier molecular flexibility index (Phi) is 7.57. The summed E-state index contributed by atoms with van der Waals surface area (Å²) in [7, 11) is 3.14. The van der Waals surface area contributed by atoms with Crippen molar-refractivity contribution < 1.29 is 24.6 Å². The number of hydrogen-bond donors (Lipinski definition) is 2. The van der Waals surface area contributed by atoms with Crippen molar-refractivity contribution in [3.05, 3.63) is 135 Å². The predicted octanol–water partition coefficient (Wildman–Crippen LogP) is 5.22. The first-order valence-corrected chi connectivity index (χ1v) is 11.8. The van der Waals surface area contributed by atoms with Gasteiger partial charge in [0.2, 0.25) is 0 Å². The highest BCUT2D eigenvalue weighted by atomic mass is 16.6. The molecular formula is C30H29NO6. The second-order valence-electron chi connectivity index (χ2n) is 8.68. The number of aliphatic hydroxyl groups excluding tert-OH is 1. The van der Waals surface area contributed by atoms with Gasteiger partial charge in [0.1, 0.15) is 17.1 Å². The lowest BCUT2D eigenvalue weighted by Crippen LogP contribution is -2.52. The van der Waals surface area contributed by atoms with E-state index in [1.165, 1.54) is 6.07 Å². The van der Waals surface area contributed by atoms with Crippen molar-refractivity contribution in [2.75, 3.05) is 20.8 Å². The Balaban J connectivity index is 2.21. The van der Waals surface area contributed by atoms with Gasteiger partial charge in [-0.15, -0.1) is 0 Å². The first-order valence-electron chi connectivity index (χ1n) is 11.8. The molecule has 1 atom stereocenters. The Bertz CT molecular complexity index is 1290. The lowest BCUT2D eigenvalue weighted by atomic mass is 9.56. The minimum atomic E-state index is -1.95. The molecule has 1 unspecified atom stereocenters. The van der Waals surface area contributed by atoms with Gasteiger partial charge >= 0.3 is 0 Å². The third kappa shape index (κ3) is 4.43. The number of hydrogen-bond acceptors (Lipinski definition) is 6. The standard InChI is InChI=1S/C30H29NO6/c1-36-25-16-12-23(13-17-25)30(22-8-4-3-5-9-22,24-14-18-26(37-2)19-15-24)29(33,20-21-32)27-10-6-7-11-28(27)31(34)35/h3-19,32-33H,20-21H2,1-2H3. The lowest BCUT2D eigenvalue weighted by molar-refractivity contribution is -0.387. The topological polar surface area (TPSA) is 102 Å². The summed E-state index contributed by atoms with van der Waals surface area (Å²) in [6, 6.07) is 30.0. The predicted molar refractivity (Wildman–Crippen MR) is 141 cm³/mol. The van der Waals surface area contributed by atoms with Crippen LogP contribution in [0.25, 0.3) is 0 Å². The third-order valence-electron chi connectivity index (χ3n) is 6.89. The Morgan fingerprint density at radius 3 is 1.65 bits per heavy atom. The summed E-state index contributed by atoms with van der Waals surface area (Å²) in [4.78, 5) is 11.7. The number of rotatable bonds is 10. The van der Waals surface area contributed by atoms with Gasteiger partial charge in [0, 0.05) is 19.1 Å². The minimum absolute atomic E-state index is 0.101. The molecular weight excluding hydrogens is 470 g/mol. The van der Waals surface area contributed by atoms with Gasteiger partial charge in [-0.2, -0.15) is 0 Å². The van der Waals surface area contributed by atoms with Crippen molar-refractivity contribution in [1.29, 1.82) is 0 Å². The SMILES string of the molecule is COc1ccc(C(c2ccccc2)(c2ccc(OC)cc2)C(O)(CCO)c2ccccc2[N+](=O)[O-])cc1. The summed E-state index contributed by atoms with van der Waals surface area (Å²) < 4.78 is 10.8. The van der Waals surface area contributed by atoms with Crippen LogP contribution >= 0.6 is 0 Å². The van der Waals surface area contributed by atoms with E-state index in [9.17, 15) is 20.3 Å². The Labute approximate surface area is 215 Å². The van der Waals surface area contributed by atoms with Gasteiger partial charge in [-0.05, 0) is 47.0 Å². The van der Waals surface area contributed by atoms with Crippen LogP contribution in [0.15, 0.2) is 103 Å². The average molecular weight is 500 g/mol. The summed E-state index contributed by atoms with van der Waals surface area (Å²) >= 11 is 0. The van der Waals surface area contributed by atoms with E-state index in [1.54, 1.807) is 56.7 Å². The fourth-order valence-corrected chi connectivity index (χ4v) is 5.26. The molecule has 0 aliphatic rings. The second kappa shape index (κ2) is 10.8. The number of aliphatic hydroxyl groups is 2. The molecule has 0 saturated carbocycles. The number of nitro benzene ring substituents is 1. The van der Waals surface area contributed by atoms with Gasteiger partial charge in [-0.3, -0.25) is 10.1 Å². The van der Waals surface area contributed by atoms with E-state index in [0.29, 0.717) is 28.2 Å². The normalized spacial score (nSPS) is 13.0. The number of benzene rings is 4. The molecule has 0 saturated heterocycles. The average Bonchev–Trinajstić information content (AvgIpc) is 2.95. The van der Waals surface area contributed by atoms with Crippen molar-refractivity contribution in [3.63, 3.8) is 0 Å².